The molecule has 1 aromatic carbocycles. The van der Waals surface area contributed by atoms with E-state index in [1.165, 1.54) is 6.08 Å². The summed E-state index contributed by atoms with van der Waals surface area (Å²) >= 11 is 5.73. The Labute approximate surface area is 105 Å². The van der Waals surface area contributed by atoms with Crippen molar-refractivity contribution in [3.8, 4) is 0 Å². The van der Waals surface area contributed by atoms with E-state index < -0.39 is 0 Å². The Morgan fingerprint density at radius 2 is 2.00 bits per heavy atom. The zero-order valence-corrected chi connectivity index (χ0v) is 9.98. The Morgan fingerprint density at radius 1 is 1.29 bits per heavy atom. The van der Waals surface area contributed by atoms with Crippen LogP contribution in [0.1, 0.15) is 23.2 Å². The van der Waals surface area contributed by atoms with Crippen LogP contribution in [0.5, 0.6) is 0 Å². The highest BCUT2D eigenvalue weighted by Crippen LogP contribution is 2.12. The number of allylic oxidation sites excluding steroid dienone is 1. The molecule has 1 amide bonds. The molecule has 0 aromatic heterocycles. The van der Waals surface area contributed by atoms with Gasteiger partial charge in [-0.05, 0) is 30.7 Å². The van der Waals surface area contributed by atoms with E-state index in [4.69, 9.17) is 11.6 Å². The Bertz CT molecular complexity index is 465. The minimum atomic E-state index is -0.124. The average Bonchev–Trinajstić information content (AvgIpc) is 2.73. The molecule has 88 valence electrons. The van der Waals surface area contributed by atoms with E-state index in [0.29, 0.717) is 23.6 Å². The van der Waals surface area contributed by atoms with Gasteiger partial charge in [-0.15, -0.1) is 0 Å². The van der Waals surface area contributed by atoms with Crippen LogP contribution in [0, 0.1) is 0 Å². The van der Waals surface area contributed by atoms with Crippen LogP contribution in [0.15, 0.2) is 36.5 Å². The summed E-state index contributed by atoms with van der Waals surface area (Å²) in [5.74, 6) is -0.0495. The minimum Gasteiger partial charge on any atom is -0.319 e. The van der Waals surface area contributed by atoms with Gasteiger partial charge in [-0.1, -0.05) is 11.6 Å². The van der Waals surface area contributed by atoms with E-state index in [9.17, 15) is 9.59 Å². The van der Waals surface area contributed by atoms with E-state index in [-0.39, 0.29) is 11.7 Å². The van der Waals surface area contributed by atoms with Crippen LogP contribution >= 0.6 is 11.6 Å². The molecule has 0 aliphatic carbocycles. The number of likely N-dealkylation sites (tertiary alicyclic amines) is 1. The Kier molecular flexibility index (Phi) is 3.59. The molecule has 1 aliphatic rings. The van der Waals surface area contributed by atoms with Crippen LogP contribution < -0.4 is 0 Å². The fourth-order valence-electron chi connectivity index (χ4n) is 1.69. The first-order valence-corrected chi connectivity index (χ1v) is 5.82. The normalized spacial score (nSPS) is 15.8. The average molecular weight is 250 g/mol. The maximum atomic E-state index is 11.8. The van der Waals surface area contributed by atoms with Crippen molar-refractivity contribution in [3.63, 3.8) is 0 Å². The van der Waals surface area contributed by atoms with Gasteiger partial charge in [0.1, 0.15) is 0 Å². The van der Waals surface area contributed by atoms with Gasteiger partial charge in [0.05, 0.1) is 0 Å². The third kappa shape index (κ3) is 2.94. The van der Waals surface area contributed by atoms with Crippen molar-refractivity contribution < 1.29 is 9.59 Å². The maximum Gasteiger partial charge on any atom is 0.226 e. The first-order valence-electron chi connectivity index (χ1n) is 5.44. The topological polar surface area (TPSA) is 37.4 Å². The molecule has 17 heavy (non-hydrogen) atoms. The number of carbonyl (C=O) groups excluding carboxylic acids is 2. The van der Waals surface area contributed by atoms with Crippen molar-refractivity contribution in [2.75, 3.05) is 6.54 Å². The summed E-state index contributed by atoms with van der Waals surface area (Å²) in [6.07, 6.45) is 4.41. The van der Waals surface area contributed by atoms with Crippen LogP contribution in [0.25, 0.3) is 0 Å². The molecule has 0 spiro atoms. The number of amides is 1. The first-order chi connectivity index (χ1) is 8.16. The van der Waals surface area contributed by atoms with Gasteiger partial charge in [0.15, 0.2) is 5.78 Å². The molecule has 1 aromatic rings. The minimum absolute atomic E-state index is 0.0742. The molecule has 3 nitrogen and oxygen atoms in total. The summed E-state index contributed by atoms with van der Waals surface area (Å²) < 4.78 is 0. The number of hydrogen-bond acceptors (Lipinski definition) is 2. The van der Waals surface area contributed by atoms with Crippen LogP contribution in [0.4, 0.5) is 0 Å². The van der Waals surface area contributed by atoms with Gasteiger partial charge in [0.25, 0.3) is 0 Å². The van der Waals surface area contributed by atoms with E-state index in [0.717, 1.165) is 6.42 Å². The molecule has 4 heteroatoms. The molecule has 0 bridgehead atoms. The maximum absolute atomic E-state index is 11.8. The fourth-order valence-corrected chi connectivity index (χ4v) is 1.82. The molecular weight excluding hydrogens is 238 g/mol. The van der Waals surface area contributed by atoms with E-state index in [2.05, 4.69) is 0 Å². The number of carbonyl (C=O) groups is 2. The summed E-state index contributed by atoms with van der Waals surface area (Å²) in [4.78, 5) is 24.6. The molecule has 2 rings (SSSR count). The van der Waals surface area contributed by atoms with Gasteiger partial charge < -0.3 is 4.90 Å². The van der Waals surface area contributed by atoms with Crippen molar-refractivity contribution in [2.24, 2.45) is 0 Å². The number of benzene rings is 1. The van der Waals surface area contributed by atoms with Gasteiger partial charge in [0, 0.05) is 35.8 Å². The van der Waals surface area contributed by atoms with Gasteiger partial charge >= 0.3 is 0 Å². The summed E-state index contributed by atoms with van der Waals surface area (Å²) in [6, 6.07) is 6.68. The number of rotatable bonds is 3. The molecule has 1 heterocycles. The van der Waals surface area contributed by atoms with E-state index in [1.807, 2.05) is 0 Å². The molecule has 0 saturated carbocycles. The molecule has 0 radical (unpaired) electrons. The number of halogens is 1. The lowest BCUT2D eigenvalue weighted by Crippen LogP contribution is -2.17. The zero-order chi connectivity index (χ0) is 12.3. The highest BCUT2D eigenvalue weighted by Gasteiger charge is 2.17. The lowest BCUT2D eigenvalue weighted by Gasteiger charge is -2.07. The van der Waals surface area contributed by atoms with E-state index in [1.54, 1.807) is 35.4 Å². The van der Waals surface area contributed by atoms with Crippen molar-refractivity contribution in [3.05, 3.63) is 47.1 Å². The highest BCUT2D eigenvalue weighted by atomic mass is 35.5. The number of nitrogens with zero attached hydrogens (tertiary/aromatic N) is 1. The molecule has 1 fully saturated rings. The van der Waals surface area contributed by atoms with Gasteiger partial charge in [-0.3, -0.25) is 9.59 Å². The third-order valence-corrected chi connectivity index (χ3v) is 2.90. The predicted octanol–water partition coefficient (Wildman–Crippen LogP) is 2.66. The summed E-state index contributed by atoms with van der Waals surface area (Å²) in [5.41, 5.74) is 0.567. The van der Waals surface area contributed by atoms with Crippen molar-refractivity contribution >= 4 is 23.3 Å². The van der Waals surface area contributed by atoms with Crippen molar-refractivity contribution in [1.29, 1.82) is 0 Å². The lowest BCUT2D eigenvalue weighted by atomic mass is 10.1. The van der Waals surface area contributed by atoms with Gasteiger partial charge in [-0.25, -0.2) is 0 Å². The lowest BCUT2D eigenvalue weighted by molar-refractivity contribution is -0.125. The Morgan fingerprint density at radius 3 is 2.59 bits per heavy atom. The van der Waals surface area contributed by atoms with Crippen molar-refractivity contribution in [1.82, 2.24) is 4.90 Å². The fraction of sp³-hybridized carbons (Fsp3) is 0.231. The second-order valence-electron chi connectivity index (χ2n) is 3.88. The number of hydrogen-bond donors (Lipinski definition) is 0. The van der Waals surface area contributed by atoms with Gasteiger partial charge in [0.2, 0.25) is 5.91 Å². The SMILES string of the molecule is O=C(C=CN1CCCC1=O)c1ccc(Cl)cc1. The van der Waals surface area contributed by atoms with E-state index >= 15 is 0 Å². The molecule has 0 N–H and O–H groups in total. The summed E-state index contributed by atoms with van der Waals surface area (Å²) in [6.45, 7) is 0.698. The Hall–Kier alpha value is -1.61. The van der Waals surface area contributed by atoms with Gasteiger partial charge in [-0.2, -0.15) is 0 Å². The van der Waals surface area contributed by atoms with Crippen LogP contribution in [-0.4, -0.2) is 23.1 Å². The summed E-state index contributed by atoms with van der Waals surface area (Å²) in [5, 5.41) is 0.597. The van der Waals surface area contributed by atoms with Crippen LogP contribution in [-0.2, 0) is 4.79 Å². The zero-order valence-electron chi connectivity index (χ0n) is 9.23. The van der Waals surface area contributed by atoms with Crippen molar-refractivity contribution in [2.45, 2.75) is 12.8 Å². The highest BCUT2D eigenvalue weighted by molar-refractivity contribution is 6.30. The molecule has 1 aliphatic heterocycles. The second-order valence-corrected chi connectivity index (χ2v) is 4.31. The Balaban J connectivity index is 2.03. The molecular formula is C13H12ClNO2. The van der Waals surface area contributed by atoms with Crippen LogP contribution in [0.2, 0.25) is 5.02 Å². The smallest absolute Gasteiger partial charge is 0.226 e. The molecule has 0 atom stereocenters. The molecule has 0 unspecified atom stereocenters. The van der Waals surface area contributed by atoms with Crippen LogP contribution in [0.3, 0.4) is 0 Å². The predicted molar refractivity (Wildman–Crippen MR) is 65.9 cm³/mol. The molecule has 1 saturated heterocycles. The summed E-state index contributed by atoms with van der Waals surface area (Å²) in [7, 11) is 0. The first kappa shape index (κ1) is 11.9. The standard InChI is InChI=1S/C13H12ClNO2/c14-11-5-3-10(4-6-11)12(16)7-9-15-8-1-2-13(15)17/h3-7,9H,1-2,8H2. The monoisotopic (exact) mass is 249 g/mol. The quantitative estimate of drug-likeness (QED) is 0.610. The number of ketones is 1. The second kappa shape index (κ2) is 5.15. The third-order valence-electron chi connectivity index (χ3n) is 2.64. The largest absolute Gasteiger partial charge is 0.319 e.